The molecule has 0 aliphatic carbocycles. The van der Waals surface area contributed by atoms with E-state index >= 15 is 0 Å². The van der Waals surface area contributed by atoms with Crippen molar-refractivity contribution in [1.82, 2.24) is 0 Å². The number of aromatic hydroxyl groups is 1. The van der Waals surface area contributed by atoms with E-state index in [0.29, 0.717) is 27.1 Å². The van der Waals surface area contributed by atoms with Crippen LogP contribution in [0.3, 0.4) is 0 Å². The first-order valence-corrected chi connectivity index (χ1v) is 6.27. The Morgan fingerprint density at radius 3 is 2.32 bits per heavy atom. The largest absolute Gasteiger partial charge is 0.508 e. The van der Waals surface area contributed by atoms with Gasteiger partial charge in [0, 0.05) is 17.2 Å². The van der Waals surface area contributed by atoms with Crippen LogP contribution in [0.5, 0.6) is 17.2 Å². The van der Waals surface area contributed by atoms with Crippen molar-refractivity contribution in [2.75, 3.05) is 14.2 Å². The van der Waals surface area contributed by atoms with Crippen molar-refractivity contribution < 1.29 is 19.0 Å². The molecule has 0 amide bonds. The highest BCUT2D eigenvalue weighted by molar-refractivity contribution is 9.10. The Balaban J connectivity index is 2.65. The minimum atomic E-state index is -0.518. The van der Waals surface area contributed by atoms with E-state index in [0.717, 1.165) is 6.07 Å². The molecule has 1 N–H and O–H groups in total. The number of hydrogen-bond acceptors (Lipinski definition) is 3. The van der Waals surface area contributed by atoms with Crippen LogP contribution >= 0.6 is 15.9 Å². The maximum absolute atomic E-state index is 13.9. The van der Waals surface area contributed by atoms with Gasteiger partial charge in [0.2, 0.25) is 0 Å². The zero-order valence-electron chi connectivity index (χ0n) is 10.4. The van der Waals surface area contributed by atoms with E-state index in [1.807, 2.05) is 0 Å². The van der Waals surface area contributed by atoms with E-state index in [9.17, 15) is 9.50 Å². The fraction of sp³-hybridized carbons (Fsp3) is 0.143. The second-order valence-corrected chi connectivity index (χ2v) is 4.62. The van der Waals surface area contributed by atoms with E-state index in [1.54, 1.807) is 19.2 Å². The molecule has 2 aromatic carbocycles. The normalized spacial score (nSPS) is 10.3. The van der Waals surface area contributed by atoms with Gasteiger partial charge >= 0.3 is 0 Å². The minimum Gasteiger partial charge on any atom is -0.508 e. The van der Waals surface area contributed by atoms with Gasteiger partial charge in [0.05, 0.1) is 14.2 Å². The van der Waals surface area contributed by atoms with Crippen LogP contribution in [0.2, 0.25) is 0 Å². The van der Waals surface area contributed by atoms with Gasteiger partial charge in [-0.25, -0.2) is 4.39 Å². The molecule has 0 atom stereocenters. The number of phenolic OH excluding ortho intramolecular Hbond substituents is 1. The molecule has 2 rings (SSSR count). The molecule has 0 aromatic heterocycles. The Kier molecular flexibility index (Phi) is 3.95. The second kappa shape index (κ2) is 5.48. The lowest BCUT2D eigenvalue weighted by Gasteiger charge is -2.14. The predicted molar refractivity (Wildman–Crippen MR) is 74.3 cm³/mol. The SMILES string of the molecule is COc1ccc(-c2ccc(O)cc2F)c(OC)c1Br. The van der Waals surface area contributed by atoms with Gasteiger partial charge < -0.3 is 14.6 Å². The average molecular weight is 327 g/mol. The van der Waals surface area contributed by atoms with E-state index in [-0.39, 0.29) is 5.75 Å². The number of hydrogen-bond donors (Lipinski definition) is 1. The third-order valence-electron chi connectivity index (χ3n) is 2.73. The molecule has 0 spiro atoms. The van der Waals surface area contributed by atoms with Crippen LogP contribution in [-0.4, -0.2) is 19.3 Å². The van der Waals surface area contributed by atoms with Crippen LogP contribution in [-0.2, 0) is 0 Å². The fourth-order valence-corrected chi connectivity index (χ4v) is 2.50. The van der Waals surface area contributed by atoms with Gasteiger partial charge in [0.15, 0.2) is 0 Å². The van der Waals surface area contributed by atoms with E-state index in [4.69, 9.17) is 9.47 Å². The molecule has 0 radical (unpaired) electrons. The molecule has 0 unspecified atom stereocenters. The molecule has 100 valence electrons. The lowest BCUT2D eigenvalue weighted by molar-refractivity contribution is 0.390. The van der Waals surface area contributed by atoms with Crippen LogP contribution in [0.15, 0.2) is 34.8 Å². The monoisotopic (exact) mass is 326 g/mol. The topological polar surface area (TPSA) is 38.7 Å². The number of benzene rings is 2. The molecule has 0 saturated heterocycles. The molecule has 0 aliphatic rings. The molecular weight excluding hydrogens is 315 g/mol. The van der Waals surface area contributed by atoms with Gasteiger partial charge in [-0.3, -0.25) is 0 Å². The lowest BCUT2D eigenvalue weighted by atomic mass is 10.0. The third-order valence-corrected chi connectivity index (χ3v) is 3.48. The molecule has 3 nitrogen and oxygen atoms in total. The minimum absolute atomic E-state index is 0.118. The van der Waals surface area contributed by atoms with Gasteiger partial charge in [-0.2, -0.15) is 0 Å². The number of halogens is 2. The second-order valence-electron chi connectivity index (χ2n) is 3.83. The molecular formula is C14H12BrFO3. The van der Waals surface area contributed by atoms with Crippen LogP contribution in [0, 0.1) is 5.82 Å². The van der Waals surface area contributed by atoms with Crippen molar-refractivity contribution >= 4 is 15.9 Å². The van der Waals surface area contributed by atoms with Crippen LogP contribution in [0.25, 0.3) is 11.1 Å². The molecule has 2 aromatic rings. The molecule has 0 bridgehead atoms. The average Bonchev–Trinajstić information content (AvgIpc) is 2.38. The summed E-state index contributed by atoms with van der Waals surface area (Å²) in [5, 5.41) is 9.25. The first-order chi connectivity index (χ1) is 9.08. The quantitative estimate of drug-likeness (QED) is 0.927. The van der Waals surface area contributed by atoms with Crippen LogP contribution < -0.4 is 9.47 Å². The molecule has 5 heteroatoms. The highest BCUT2D eigenvalue weighted by Crippen LogP contribution is 2.42. The van der Waals surface area contributed by atoms with Gasteiger partial charge in [-0.15, -0.1) is 0 Å². The molecule has 19 heavy (non-hydrogen) atoms. The summed E-state index contributed by atoms with van der Waals surface area (Å²) < 4.78 is 25.0. The first-order valence-electron chi connectivity index (χ1n) is 5.48. The zero-order valence-corrected chi connectivity index (χ0v) is 12.0. The molecule has 0 aliphatic heterocycles. The number of phenols is 1. The standard InChI is InChI=1S/C14H12BrFO3/c1-18-12-6-5-10(14(19-2)13(12)15)9-4-3-8(17)7-11(9)16/h3-7,17H,1-2H3. The third kappa shape index (κ3) is 2.51. The molecule has 0 heterocycles. The van der Waals surface area contributed by atoms with E-state index < -0.39 is 5.82 Å². The molecule has 0 fully saturated rings. The first kappa shape index (κ1) is 13.7. The van der Waals surface area contributed by atoms with Crippen molar-refractivity contribution in [3.63, 3.8) is 0 Å². The maximum Gasteiger partial charge on any atom is 0.144 e. The van der Waals surface area contributed by atoms with Gasteiger partial charge in [-0.1, -0.05) is 0 Å². The van der Waals surface area contributed by atoms with Gasteiger partial charge in [0.25, 0.3) is 0 Å². The summed E-state index contributed by atoms with van der Waals surface area (Å²) in [4.78, 5) is 0. The van der Waals surface area contributed by atoms with Crippen molar-refractivity contribution in [2.24, 2.45) is 0 Å². The summed E-state index contributed by atoms with van der Waals surface area (Å²) in [5.74, 6) is 0.437. The maximum atomic E-state index is 13.9. The number of ether oxygens (including phenoxy) is 2. The smallest absolute Gasteiger partial charge is 0.144 e. The van der Waals surface area contributed by atoms with Crippen molar-refractivity contribution in [3.05, 3.63) is 40.6 Å². The van der Waals surface area contributed by atoms with Gasteiger partial charge in [0.1, 0.15) is 27.5 Å². The van der Waals surface area contributed by atoms with Crippen molar-refractivity contribution in [1.29, 1.82) is 0 Å². The van der Waals surface area contributed by atoms with E-state index in [2.05, 4.69) is 15.9 Å². The lowest BCUT2D eigenvalue weighted by Crippen LogP contribution is -1.94. The van der Waals surface area contributed by atoms with Crippen molar-refractivity contribution in [3.8, 4) is 28.4 Å². The summed E-state index contributed by atoms with van der Waals surface area (Å²) >= 11 is 3.37. The van der Waals surface area contributed by atoms with Crippen molar-refractivity contribution in [2.45, 2.75) is 0 Å². The summed E-state index contributed by atoms with van der Waals surface area (Å²) in [7, 11) is 3.04. The summed E-state index contributed by atoms with van der Waals surface area (Å²) in [6.07, 6.45) is 0. The van der Waals surface area contributed by atoms with E-state index in [1.165, 1.54) is 19.2 Å². The number of rotatable bonds is 3. The summed E-state index contributed by atoms with van der Waals surface area (Å²) in [6, 6.07) is 7.41. The highest BCUT2D eigenvalue weighted by Gasteiger charge is 2.16. The van der Waals surface area contributed by atoms with Crippen LogP contribution in [0.1, 0.15) is 0 Å². The Morgan fingerprint density at radius 1 is 1.05 bits per heavy atom. The Labute approximate surface area is 118 Å². The summed E-state index contributed by atoms with van der Waals surface area (Å²) in [6.45, 7) is 0. The predicted octanol–water partition coefficient (Wildman–Crippen LogP) is 3.98. The fourth-order valence-electron chi connectivity index (χ4n) is 1.83. The molecule has 0 saturated carbocycles. The van der Waals surface area contributed by atoms with Gasteiger partial charge in [-0.05, 0) is 40.2 Å². The zero-order chi connectivity index (χ0) is 14.0. The number of methoxy groups -OCH3 is 2. The Bertz CT molecular complexity index is 614. The summed E-state index contributed by atoms with van der Waals surface area (Å²) in [5.41, 5.74) is 0.922. The Hall–Kier alpha value is -1.75. The Morgan fingerprint density at radius 2 is 1.74 bits per heavy atom. The highest BCUT2D eigenvalue weighted by atomic mass is 79.9. The van der Waals surface area contributed by atoms with Crippen LogP contribution in [0.4, 0.5) is 4.39 Å².